The molecule has 0 radical (unpaired) electrons. The van der Waals surface area contributed by atoms with Gasteiger partial charge in [-0.2, -0.15) is 0 Å². The van der Waals surface area contributed by atoms with E-state index in [1.165, 1.54) is 36.4 Å². The van der Waals surface area contributed by atoms with Crippen molar-refractivity contribution in [3.05, 3.63) is 16.1 Å². The lowest BCUT2D eigenvalue weighted by molar-refractivity contribution is 0.131. The number of aromatic nitrogens is 1. The molecule has 1 aromatic heterocycles. The Kier molecular flexibility index (Phi) is 4.44. The Morgan fingerprint density at radius 1 is 1.44 bits per heavy atom. The van der Waals surface area contributed by atoms with Crippen LogP contribution in [0.1, 0.15) is 50.2 Å². The predicted octanol–water partition coefficient (Wildman–Crippen LogP) is 3.79. The van der Waals surface area contributed by atoms with Crippen molar-refractivity contribution in [1.82, 2.24) is 4.98 Å². The quantitative estimate of drug-likeness (QED) is 0.900. The molecule has 2 nitrogen and oxygen atoms in total. The van der Waals surface area contributed by atoms with Crippen molar-refractivity contribution in [1.29, 1.82) is 0 Å². The highest BCUT2D eigenvalue weighted by Crippen LogP contribution is 2.42. The number of nitrogens with two attached hydrogens (primary N) is 1. The van der Waals surface area contributed by atoms with Crippen LogP contribution >= 0.6 is 11.3 Å². The molecule has 0 spiro atoms. The van der Waals surface area contributed by atoms with Crippen LogP contribution < -0.4 is 5.73 Å². The van der Waals surface area contributed by atoms with Crippen molar-refractivity contribution < 1.29 is 0 Å². The second-order valence-electron chi connectivity index (χ2n) is 6.32. The summed E-state index contributed by atoms with van der Waals surface area (Å²) in [5.74, 6) is 1.73. The normalized spacial score (nSPS) is 28.8. The summed E-state index contributed by atoms with van der Waals surface area (Å²) in [6.45, 7) is 7.60. The molecule has 1 heterocycles. The van der Waals surface area contributed by atoms with Gasteiger partial charge in [-0.1, -0.05) is 13.8 Å². The van der Waals surface area contributed by atoms with Gasteiger partial charge in [0.1, 0.15) is 0 Å². The lowest BCUT2D eigenvalue weighted by atomic mass is 9.66. The second kappa shape index (κ2) is 5.70. The smallest absolute Gasteiger partial charge is 0.0897 e. The molecule has 0 bridgehead atoms. The van der Waals surface area contributed by atoms with Gasteiger partial charge in [-0.15, -0.1) is 11.3 Å². The Balaban J connectivity index is 2.00. The number of thiazole rings is 1. The van der Waals surface area contributed by atoms with Crippen LogP contribution in [0.25, 0.3) is 0 Å². The number of aryl methyl sites for hydroxylation is 1. The SMILES string of the molecule is Cc1nc(CC2(CN)CCC(C(C)C)CC2)cs1. The molecular formula is C15H26N2S. The van der Waals surface area contributed by atoms with Crippen molar-refractivity contribution in [2.45, 2.75) is 52.9 Å². The zero-order chi connectivity index (χ0) is 13.2. The number of hydrogen-bond acceptors (Lipinski definition) is 3. The molecule has 0 aromatic carbocycles. The fraction of sp³-hybridized carbons (Fsp3) is 0.800. The van der Waals surface area contributed by atoms with Crippen LogP contribution in [0, 0.1) is 24.2 Å². The average Bonchev–Trinajstić information content (AvgIpc) is 2.75. The first kappa shape index (κ1) is 14.0. The van der Waals surface area contributed by atoms with Gasteiger partial charge in [0.15, 0.2) is 0 Å². The van der Waals surface area contributed by atoms with Gasteiger partial charge in [-0.3, -0.25) is 0 Å². The van der Waals surface area contributed by atoms with Gasteiger partial charge in [-0.05, 0) is 62.8 Å². The van der Waals surface area contributed by atoms with Gasteiger partial charge in [0.05, 0.1) is 10.7 Å². The van der Waals surface area contributed by atoms with Gasteiger partial charge in [0.2, 0.25) is 0 Å². The van der Waals surface area contributed by atoms with E-state index in [-0.39, 0.29) is 0 Å². The number of nitrogens with zero attached hydrogens (tertiary/aromatic N) is 1. The topological polar surface area (TPSA) is 38.9 Å². The minimum atomic E-state index is 0.325. The average molecular weight is 266 g/mol. The van der Waals surface area contributed by atoms with E-state index >= 15 is 0 Å². The van der Waals surface area contributed by atoms with Crippen LogP contribution in [-0.2, 0) is 6.42 Å². The van der Waals surface area contributed by atoms with E-state index in [1.807, 2.05) is 0 Å². The van der Waals surface area contributed by atoms with E-state index in [4.69, 9.17) is 5.73 Å². The summed E-state index contributed by atoms with van der Waals surface area (Å²) in [6, 6.07) is 0. The van der Waals surface area contributed by atoms with Crippen LogP contribution in [-0.4, -0.2) is 11.5 Å². The van der Waals surface area contributed by atoms with Gasteiger partial charge >= 0.3 is 0 Å². The summed E-state index contributed by atoms with van der Waals surface area (Å²) in [5.41, 5.74) is 7.67. The molecule has 0 amide bonds. The Bertz CT molecular complexity index is 376. The summed E-state index contributed by atoms with van der Waals surface area (Å²) >= 11 is 1.76. The van der Waals surface area contributed by atoms with Crippen molar-refractivity contribution in [2.75, 3.05) is 6.54 Å². The van der Waals surface area contributed by atoms with Crippen LogP contribution in [0.4, 0.5) is 0 Å². The van der Waals surface area contributed by atoms with Crippen molar-refractivity contribution in [3.63, 3.8) is 0 Å². The molecule has 0 unspecified atom stereocenters. The van der Waals surface area contributed by atoms with Crippen LogP contribution in [0.2, 0.25) is 0 Å². The lowest BCUT2D eigenvalue weighted by Crippen LogP contribution is -2.37. The third-order valence-corrected chi connectivity index (χ3v) is 5.51. The van der Waals surface area contributed by atoms with E-state index in [9.17, 15) is 0 Å². The third-order valence-electron chi connectivity index (χ3n) is 4.69. The number of rotatable bonds is 4. The Labute approximate surface area is 115 Å². The minimum absolute atomic E-state index is 0.325. The first-order valence-electron chi connectivity index (χ1n) is 7.16. The maximum atomic E-state index is 6.09. The summed E-state index contributed by atoms with van der Waals surface area (Å²) in [6.07, 6.45) is 6.33. The standard InChI is InChI=1S/C15H26N2S/c1-11(2)13-4-6-15(10-16,7-5-13)8-14-9-18-12(3)17-14/h9,11,13H,4-8,10,16H2,1-3H3. The molecule has 0 saturated heterocycles. The molecule has 2 N–H and O–H groups in total. The first-order valence-corrected chi connectivity index (χ1v) is 8.04. The van der Waals surface area contributed by atoms with E-state index in [0.29, 0.717) is 5.41 Å². The minimum Gasteiger partial charge on any atom is -0.330 e. The molecule has 102 valence electrons. The third kappa shape index (κ3) is 3.12. The summed E-state index contributed by atoms with van der Waals surface area (Å²) in [4.78, 5) is 4.61. The summed E-state index contributed by atoms with van der Waals surface area (Å²) in [7, 11) is 0. The van der Waals surface area contributed by atoms with Crippen LogP contribution in [0.15, 0.2) is 5.38 Å². The largest absolute Gasteiger partial charge is 0.330 e. The van der Waals surface area contributed by atoms with Crippen molar-refractivity contribution in [3.8, 4) is 0 Å². The molecule has 3 heteroatoms. The fourth-order valence-electron chi connectivity index (χ4n) is 3.25. The lowest BCUT2D eigenvalue weighted by Gasteiger charge is -2.40. The molecule has 0 atom stereocenters. The highest BCUT2D eigenvalue weighted by molar-refractivity contribution is 7.09. The molecule has 1 aliphatic carbocycles. The predicted molar refractivity (Wildman–Crippen MR) is 78.8 cm³/mol. The Morgan fingerprint density at radius 2 is 2.11 bits per heavy atom. The van der Waals surface area contributed by atoms with Gasteiger partial charge in [-0.25, -0.2) is 4.98 Å². The van der Waals surface area contributed by atoms with Crippen molar-refractivity contribution in [2.24, 2.45) is 23.0 Å². The molecule has 18 heavy (non-hydrogen) atoms. The fourth-order valence-corrected chi connectivity index (χ4v) is 3.86. The van der Waals surface area contributed by atoms with Crippen LogP contribution in [0.5, 0.6) is 0 Å². The number of hydrogen-bond donors (Lipinski definition) is 1. The van der Waals surface area contributed by atoms with E-state index in [2.05, 4.69) is 31.1 Å². The monoisotopic (exact) mass is 266 g/mol. The van der Waals surface area contributed by atoms with Gasteiger partial charge < -0.3 is 5.73 Å². The highest BCUT2D eigenvalue weighted by atomic mass is 32.1. The molecule has 1 fully saturated rings. The maximum Gasteiger partial charge on any atom is 0.0897 e. The maximum absolute atomic E-state index is 6.09. The molecule has 1 saturated carbocycles. The van der Waals surface area contributed by atoms with E-state index in [1.54, 1.807) is 11.3 Å². The highest BCUT2D eigenvalue weighted by Gasteiger charge is 2.35. The summed E-state index contributed by atoms with van der Waals surface area (Å²) < 4.78 is 0. The molecule has 0 aliphatic heterocycles. The van der Waals surface area contributed by atoms with E-state index < -0.39 is 0 Å². The van der Waals surface area contributed by atoms with E-state index in [0.717, 1.165) is 24.8 Å². The molecular weight excluding hydrogens is 240 g/mol. The first-order chi connectivity index (χ1) is 8.54. The molecule has 1 aromatic rings. The zero-order valence-corrected chi connectivity index (χ0v) is 12.7. The Morgan fingerprint density at radius 3 is 2.56 bits per heavy atom. The van der Waals surface area contributed by atoms with Gasteiger partial charge in [0, 0.05) is 5.38 Å². The van der Waals surface area contributed by atoms with Crippen molar-refractivity contribution >= 4 is 11.3 Å². The molecule has 1 aliphatic rings. The Hall–Kier alpha value is -0.410. The molecule has 2 rings (SSSR count). The second-order valence-corrected chi connectivity index (χ2v) is 7.38. The summed E-state index contributed by atoms with van der Waals surface area (Å²) in [5, 5.41) is 3.38. The zero-order valence-electron chi connectivity index (χ0n) is 11.9. The van der Waals surface area contributed by atoms with Crippen LogP contribution in [0.3, 0.4) is 0 Å². The van der Waals surface area contributed by atoms with Gasteiger partial charge in [0.25, 0.3) is 0 Å².